The molecule has 158 valence electrons. The second-order valence-electron chi connectivity index (χ2n) is 6.56. The molecule has 2 N–H and O–H groups in total. The predicted molar refractivity (Wildman–Crippen MR) is 118 cm³/mol. The largest absolute Gasteiger partial charge is 0.497 e. The van der Waals surface area contributed by atoms with E-state index in [1.54, 1.807) is 7.11 Å². The van der Waals surface area contributed by atoms with Crippen molar-refractivity contribution in [2.45, 2.75) is 33.9 Å². The van der Waals surface area contributed by atoms with Gasteiger partial charge in [-0.05, 0) is 50.1 Å². The van der Waals surface area contributed by atoms with Crippen molar-refractivity contribution in [2.75, 3.05) is 33.5 Å². The number of guanidine groups is 1. The van der Waals surface area contributed by atoms with Crippen LogP contribution in [0.3, 0.4) is 0 Å². The molecule has 2 aromatic rings. The first-order chi connectivity index (χ1) is 14.2. The van der Waals surface area contributed by atoms with E-state index in [4.69, 9.17) is 14.2 Å². The summed E-state index contributed by atoms with van der Waals surface area (Å²) in [5, 5.41) is 6.68. The van der Waals surface area contributed by atoms with Gasteiger partial charge in [-0.2, -0.15) is 0 Å². The van der Waals surface area contributed by atoms with Gasteiger partial charge in [0.05, 0.1) is 20.3 Å². The molecule has 0 atom stereocenters. The van der Waals surface area contributed by atoms with Crippen LogP contribution in [0.25, 0.3) is 0 Å². The van der Waals surface area contributed by atoms with Gasteiger partial charge in [-0.1, -0.05) is 24.3 Å². The zero-order valence-corrected chi connectivity index (χ0v) is 18.0. The number of nitrogens with one attached hydrogen (secondary N) is 2. The van der Waals surface area contributed by atoms with Crippen molar-refractivity contribution >= 4 is 5.96 Å². The van der Waals surface area contributed by atoms with Crippen LogP contribution in [0.1, 0.15) is 30.5 Å². The Morgan fingerprint density at radius 2 is 1.90 bits per heavy atom. The van der Waals surface area contributed by atoms with E-state index in [0.29, 0.717) is 32.9 Å². The van der Waals surface area contributed by atoms with Gasteiger partial charge < -0.3 is 24.8 Å². The van der Waals surface area contributed by atoms with E-state index in [0.717, 1.165) is 35.1 Å². The second-order valence-corrected chi connectivity index (χ2v) is 6.56. The lowest BCUT2D eigenvalue weighted by Crippen LogP contribution is -2.36. The Morgan fingerprint density at radius 3 is 2.66 bits per heavy atom. The van der Waals surface area contributed by atoms with Crippen LogP contribution in [0.4, 0.5) is 0 Å². The summed E-state index contributed by atoms with van der Waals surface area (Å²) < 4.78 is 16.6. The zero-order valence-electron chi connectivity index (χ0n) is 18.0. The third-order valence-electron chi connectivity index (χ3n) is 4.26. The highest BCUT2D eigenvalue weighted by atomic mass is 16.5. The molecule has 0 saturated heterocycles. The van der Waals surface area contributed by atoms with E-state index >= 15 is 0 Å². The minimum atomic E-state index is 0.536. The summed E-state index contributed by atoms with van der Waals surface area (Å²) in [6.07, 6.45) is 0. The lowest BCUT2D eigenvalue weighted by Gasteiger charge is -2.15. The normalized spacial score (nSPS) is 11.2. The van der Waals surface area contributed by atoms with Crippen LogP contribution < -0.4 is 20.1 Å². The van der Waals surface area contributed by atoms with Gasteiger partial charge in [0.1, 0.15) is 18.1 Å². The van der Waals surface area contributed by atoms with Gasteiger partial charge >= 0.3 is 0 Å². The number of aryl methyl sites for hydroxylation is 1. The number of nitrogens with zero attached hydrogens (tertiary/aromatic N) is 1. The summed E-state index contributed by atoms with van der Waals surface area (Å²) >= 11 is 0. The van der Waals surface area contributed by atoms with E-state index in [1.165, 1.54) is 5.56 Å². The molecule has 0 unspecified atom stereocenters. The van der Waals surface area contributed by atoms with Gasteiger partial charge in [0, 0.05) is 25.3 Å². The van der Waals surface area contributed by atoms with Crippen LogP contribution in [-0.4, -0.2) is 39.4 Å². The molecule has 0 aliphatic rings. The summed E-state index contributed by atoms with van der Waals surface area (Å²) in [5.41, 5.74) is 3.34. The van der Waals surface area contributed by atoms with Gasteiger partial charge in [0.2, 0.25) is 0 Å². The molecule has 0 spiro atoms. The van der Waals surface area contributed by atoms with Crippen LogP contribution in [0.15, 0.2) is 47.5 Å². The van der Waals surface area contributed by atoms with Crippen molar-refractivity contribution in [1.29, 1.82) is 0 Å². The van der Waals surface area contributed by atoms with Gasteiger partial charge in [-0.15, -0.1) is 0 Å². The topological polar surface area (TPSA) is 64.1 Å². The smallest absolute Gasteiger partial charge is 0.191 e. The SMILES string of the molecule is CCNC(=NCc1cccc(OC)c1)NCc1ccc(C)cc1OCCOCC. The third kappa shape index (κ3) is 8.03. The molecule has 0 amide bonds. The van der Waals surface area contributed by atoms with E-state index < -0.39 is 0 Å². The molecule has 0 aliphatic carbocycles. The van der Waals surface area contributed by atoms with E-state index in [-0.39, 0.29) is 0 Å². The molecule has 6 heteroatoms. The van der Waals surface area contributed by atoms with Crippen molar-refractivity contribution in [2.24, 2.45) is 4.99 Å². The van der Waals surface area contributed by atoms with Crippen LogP contribution in [0.2, 0.25) is 0 Å². The van der Waals surface area contributed by atoms with Crippen LogP contribution in [0.5, 0.6) is 11.5 Å². The van der Waals surface area contributed by atoms with Crippen LogP contribution >= 0.6 is 0 Å². The Bertz CT molecular complexity index is 778. The maximum absolute atomic E-state index is 5.93. The Kier molecular flexibility index (Phi) is 9.86. The van der Waals surface area contributed by atoms with Crippen molar-refractivity contribution < 1.29 is 14.2 Å². The maximum Gasteiger partial charge on any atom is 0.191 e. The zero-order chi connectivity index (χ0) is 20.9. The molecule has 0 radical (unpaired) electrons. The molecule has 6 nitrogen and oxygen atoms in total. The van der Waals surface area contributed by atoms with E-state index in [1.807, 2.05) is 31.2 Å². The summed E-state index contributed by atoms with van der Waals surface area (Å²) in [6, 6.07) is 14.2. The molecule has 2 aromatic carbocycles. The van der Waals surface area contributed by atoms with Crippen molar-refractivity contribution in [3.8, 4) is 11.5 Å². The second kappa shape index (κ2) is 12.7. The van der Waals surface area contributed by atoms with Gasteiger partial charge in [0.25, 0.3) is 0 Å². The number of aliphatic imine (C=N–C) groups is 1. The minimum absolute atomic E-state index is 0.536. The highest BCUT2D eigenvalue weighted by molar-refractivity contribution is 5.79. The molecule has 0 fully saturated rings. The van der Waals surface area contributed by atoms with Crippen LogP contribution in [-0.2, 0) is 17.8 Å². The third-order valence-corrected chi connectivity index (χ3v) is 4.26. The molecule has 0 saturated carbocycles. The molecular weight excluding hydrogens is 366 g/mol. The van der Waals surface area contributed by atoms with Gasteiger partial charge in [-0.3, -0.25) is 0 Å². The molecule has 0 aromatic heterocycles. The van der Waals surface area contributed by atoms with E-state index in [2.05, 4.69) is 47.7 Å². The predicted octanol–water partition coefficient (Wildman–Crippen LogP) is 3.67. The summed E-state index contributed by atoms with van der Waals surface area (Å²) in [4.78, 5) is 4.69. The Hall–Kier alpha value is -2.73. The number of hydrogen-bond donors (Lipinski definition) is 2. The minimum Gasteiger partial charge on any atom is -0.497 e. The Balaban J connectivity index is 2.01. The summed E-state index contributed by atoms with van der Waals surface area (Å²) in [7, 11) is 1.67. The van der Waals surface area contributed by atoms with Crippen molar-refractivity contribution in [3.63, 3.8) is 0 Å². The molecule has 29 heavy (non-hydrogen) atoms. The van der Waals surface area contributed by atoms with Crippen molar-refractivity contribution in [3.05, 3.63) is 59.2 Å². The number of rotatable bonds is 11. The molecule has 0 bridgehead atoms. The number of ether oxygens (including phenoxy) is 3. The fourth-order valence-electron chi connectivity index (χ4n) is 2.76. The monoisotopic (exact) mass is 399 g/mol. The summed E-state index contributed by atoms with van der Waals surface area (Å²) in [6.45, 7) is 9.89. The van der Waals surface area contributed by atoms with Gasteiger partial charge in [0.15, 0.2) is 5.96 Å². The summed E-state index contributed by atoms with van der Waals surface area (Å²) in [5.74, 6) is 2.47. The average Bonchev–Trinajstić information content (AvgIpc) is 2.74. The number of benzene rings is 2. The number of methoxy groups -OCH3 is 1. The Morgan fingerprint density at radius 1 is 1.03 bits per heavy atom. The maximum atomic E-state index is 5.93. The van der Waals surface area contributed by atoms with Crippen LogP contribution in [0, 0.1) is 6.92 Å². The standard InChI is InChI=1S/C23H33N3O3/c1-5-24-23(25-16-19-8-7-9-21(15-19)27-4)26-17-20-11-10-18(3)14-22(20)29-13-12-28-6-2/h7-11,14-15H,5-6,12-13,16-17H2,1-4H3,(H2,24,25,26). The van der Waals surface area contributed by atoms with E-state index in [9.17, 15) is 0 Å². The van der Waals surface area contributed by atoms with Crippen molar-refractivity contribution in [1.82, 2.24) is 10.6 Å². The first-order valence-electron chi connectivity index (χ1n) is 10.1. The first kappa shape index (κ1) is 22.6. The lowest BCUT2D eigenvalue weighted by molar-refractivity contribution is 0.110. The number of hydrogen-bond acceptors (Lipinski definition) is 4. The van der Waals surface area contributed by atoms with Gasteiger partial charge in [-0.25, -0.2) is 4.99 Å². The Labute approximate surface area is 174 Å². The fourth-order valence-corrected chi connectivity index (χ4v) is 2.76. The fraction of sp³-hybridized carbons (Fsp3) is 0.435. The lowest BCUT2D eigenvalue weighted by atomic mass is 10.1. The molecule has 0 heterocycles. The molecular formula is C23H33N3O3. The average molecular weight is 400 g/mol. The molecule has 2 rings (SSSR count). The first-order valence-corrected chi connectivity index (χ1v) is 10.1. The molecule has 0 aliphatic heterocycles. The highest BCUT2D eigenvalue weighted by Crippen LogP contribution is 2.20. The quantitative estimate of drug-likeness (QED) is 0.343. The highest BCUT2D eigenvalue weighted by Gasteiger charge is 2.06.